The first kappa shape index (κ1) is 10.2. The maximum atomic E-state index is 5.49. The summed E-state index contributed by atoms with van der Waals surface area (Å²) in [6, 6.07) is 6.41. The Labute approximate surface area is 90.7 Å². The van der Waals surface area contributed by atoms with Crippen LogP contribution in [-0.4, -0.2) is 13.2 Å². The molecule has 2 heteroatoms. The Bertz CT molecular complexity index is 371. The molecule has 2 rings (SSSR count). The summed E-state index contributed by atoms with van der Waals surface area (Å²) in [4.78, 5) is 0. The highest BCUT2D eigenvalue weighted by Gasteiger charge is 2.11. The zero-order valence-electron chi connectivity index (χ0n) is 8.96. The number of rotatable bonds is 4. The van der Waals surface area contributed by atoms with Crippen LogP contribution in [0.15, 0.2) is 30.4 Å². The van der Waals surface area contributed by atoms with Gasteiger partial charge in [-0.2, -0.15) is 0 Å². The Morgan fingerprint density at radius 1 is 1.47 bits per heavy atom. The van der Waals surface area contributed by atoms with Crippen LogP contribution in [0.25, 0.3) is 0 Å². The van der Waals surface area contributed by atoms with E-state index in [1.807, 2.05) is 0 Å². The molecule has 2 nitrogen and oxygen atoms in total. The molecule has 0 unspecified atom stereocenters. The number of hydrogen-bond donors (Lipinski definition) is 1. The monoisotopic (exact) mass is 203 g/mol. The lowest BCUT2D eigenvalue weighted by Gasteiger charge is -2.06. The van der Waals surface area contributed by atoms with Gasteiger partial charge in [0.15, 0.2) is 0 Å². The number of fused-ring (bicyclic) bond motifs is 1. The van der Waals surface area contributed by atoms with Gasteiger partial charge in [0, 0.05) is 6.42 Å². The van der Waals surface area contributed by atoms with Crippen molar-refractivity contribution in [3.63, 3.8) is 0 Å². The summed E-state index contributed by atoms with van der Waals surface area (Å²) in [5.74, 6) is 1.04. The molecule has 1 aromatic carbocycles. The molecular weight excluding hydrogens is 186 g/mol. The van der Waals surface area contributed by atoms with Crippen LogP contribution in [0.4, 0.5) is 0 Å². The summed E-state index contributed by atoms with van der Waals surface area (Å²) >= 11 is 0. The van der Waals surface area contributed by atoms with Gasteiger partial charge in [0.2, 0.25) is 0 Å². The smallest absolute Gasteiger partial charge is 0.122 e. The number of ether oxygens (including phenoxy) is 1. The maximum Gasteiger partial charge on any atom is 0.122 e. The van der Waals surface area contributed by atoms with Crippen molar-refractivity contribution < 1.29 is 4.74 Å². The highest BCUT2D eigenvalue weighted by molar-refractivity contribution is 5.40. The Morgan fingerprint density at radius 2 is 2.33 bits per heavy atom. The topological polar surface area (TPSA) is 35.2 Å². The molecule has 1 aliphatic heterocycles. The molecule has 0 fully saturated rings. The minimum absolute atomic E-state index is 0.687. The van der Waals surface area contributed by atoms with E-state index in [-0.39, 0.29) is 0 Å². The SMILES string of the molecule is C=C(CCN)Cc1ccc2c(c1)CCO2. The second-order valence-electron chi connectivity index (χ2n) is 4.01. The molecule has 0 radical (unpaired) electrons. The number of nitrogens with two attached hydrogens (primary N) is 1. The Kier molecular flexibility index (Phi) is 3.07. The Morgan fingerprint density at radius 3 is 3.13 bits per heavy atom. The standard InChI is InChI=1S/C13H17NO/c1-10(4-6-14)8-11-2-3-13-12(9-11)5-7-15-13/h2-3,9H,1,4-8,14H2. The predicted octanol–water partition coefficient (Wildman–Crippen LogP) is 2.07. The first-order chi connectivity index (χ1) is 7.29. The third kappa shape index (κ3) is 2.39. The van der Waals surface area contributed by atoms with Crippen LogP contribution in [-0.2, 0) is 12.8 Å². The fraction of sp³-hybridized carbons (Fsp3) is 0.385. The van der Waals surface area contributed by atoms with E-state index in [2.05, 4.69) is 24.8 Å². The van der Waals surface area contributed by atoms with Crippen molar-refractivity contribution in [3.8, 4) is 5.75 Å². The van der Waals surface area contributed by atoms with Gasteiger partial charge in [-0.25, -0.2) is 0 Å². The van der Waals surface area contributed by atoms with Crippen LogP contribution in [0.5, 0.6) is 5.75 Å². The van der Waals surface area contributed by atoms with Gasteiger partial charge in [0.1, 0.15) is 5.75 Å². The number of benzene rings is 1. The van der Waals surface area contributed by atoms with Gasteiger partial charge in [-0.15, -0.1) is 0 Å². The lowest BCUT2D eigenvalue weighted by Crippen LogP contribution is -2.01. The molecule has 1 heterocycles. The summed E-state index contributed by atoms with van der Waals surface area (Å²) in [5.41, 5.74) is 9.34. The second kappa shape index (κ2) is 4.49. The molecule has 80 valence electrons. The summed E-state index contributed by atoms with van der Waals surface area (Å²) in [7, 11) is 0. The highest BCUT2D eigenvalue weighted by atomic mass is 16.5. The van der Waals surface area contributed by atoms with Crippen molar-refractivity contribution in [1.29, 1.82) is 0 Å². The van der Waals surface area contributed by atoms with Crippen molar-refractivity contribution in [3.05, 3.63) is 41.5 Å². The number of hydrogen-bond acceptors (Lipinski definition) is 2. The average Bonchev–Trinajstić information content (AvgIpc) is 2.65. The van der Waals surface area contributed by atoms with Gasteiger partial charge in [-0.05, 0) is 36.6 Å². The molecule has 0 atom stereocenters. The first-order valence-corrected chi connectivity index (χ1v) is 5.41. The van der Waals surface area contributed by atoms with Crippen LogP contribution in [0, 0.1) is 0 Å². The fourth-order valence-corrected chi connectivity index (χ4v) is 1.93. The summed E-state index contributed by atoms with van der Waals surface area (Å²) < 4.78 is 5.46. The van der Waals surface area contributed by atoms with E-state index in [0.29, 0.717) is 6.54 Å². The fourth-order valence-electron chi connectivity index (χ4n) is 1.93. The van der Waals surface area contributed by atoms with E-state index in [1.54, 1.807) is 0 Å². The molecule has 1 aliphatic rings. The lowest BCUT2D eigenvalue weighted by atomic mass is 10.0. The zero-order chi connectivity index (χ0) is 10.7. The largest absolute Gasteiger partial charge is 0.493 e. The van der Waals surface area contributed by atoms with Gasteiger partial charge >= 0.3 is 0 Å². The molecular formula is C13H17NO. The normalized spacial score (nSPS) is 13.4. The van der Waals surface area contributed by atoms with Crippen molar-refractivity contribution in [1.82, 2.24) is 0 Å². The predicted molar refractivity (Wildman–Crippen MR) is 62.2 cm³/mol. The van der Waals surface area contributed by atoms with E-state index in [9.17, 15) is 0 Å². The minimum Gasteiger partial charge on any atom is -0.493 e. The average molecular weight is 203 g/mol. The minimum atomic E-state index is 0.687. The highest BCUT2D eigenvalue weighted by Crippen LogP contribution is 2.26. The van der Waals surface area contributed by atoms with E-state index in [0.717, 1.165) is 31.6 Å². The summed E-state index contributed by atoms with van der Waals surface area (Å²) in [6.45, 7) is 5.53. The van der Waals surface area contributed by atoms with E-state index >= 15 is 0 Å². The zero-order valence-corrected chi connectivity index (χ0v) is 8.96. The van der Waals surface area contributed by atoms with Gasteiger partial charge < -0.3 is 10.5 Å². The van der Waals surface area contributed by atoms with Crippen LogP contribution >= 0.6 is 0 Å². The summed E-state index contributed by atoms with van der Waals surface area (Å²) in [5, 5.41) is 0. The molecule has 15 heavy (non-hydrogen) atoms. The van der Waals surface area contributed by atoms with Crippen molar-refractivity contribution in [2.75, 3.05) is 13.2 Å². The molecule has 0 spiro atoms. The third-order valence-corrected chi connectivity index (χ3v) is 2.71. The summed E-state index contributed by atoms with van der Waals surface area (Å²) in [6.07, 6.45) is 2.88. The van der Waals surface area contributed by atoms with Crippen molar-refractivity contribution >= 4 is 0 Å². The Hall–Kier alpha value is -1.28. The van der Waals surface area contributed by atoms with E-state index < -0.39 is 0 Å². The van der Waals surface area contributed by atoms with E-state index in [4.69, 9.17) is 10.5 Å². The van der Waals surface area contributed by atoms with Crippen LogP contribution in [0.1, 0.15) is 17.5 Å². The van der Waals surface area contributed by atoms with Gasteiger partial charge in [-0.3, -0.25) is 0 Å². The van der Waals surface area contributed by atoms with Crippen molar-refractivity contribution in [2.45, 2.75) is 19.3 Å². The van der Waals surface area contributed by atoms with Gasteiger partial charge in [-0.1, -0.05) is 24.3 Å². The van der Waals surface area contributed by atoms with Gasteiger partial charge in [0.25, 0.3) is 0 Å². The Balaban J connectivity index is 2.06. The maximum absolute atomic E-state index is 5.49. The quantitative estimate of drug-likeness (QED) is 0.760. The van der Waals surface area contributed by atoms with E-state index in [1.165, 1.54) is 16.7 Å². The lowest BCUT2D eigenvalue weighted by molar-refractivity contribution is 0.357. The van der Waals surface area contributed by atoms with Crippen LogP contribution < -0.4 is 10.5 Å². The first-order valence-electron chi connectivity index (χ1n) is 5.41. The molecule has 0 bridgehead atoms. The van der Waals surface area contributed by atoms with Crippen LogP contribution in [0.2, 0.25) is 0 Å². The molecule has 0 amide bonds. The molecule has 0 aromatic heterocycles. The molecule has 2 N–H and O–H groups in total. The molecule has 0 aliphatic carbocycles. The third-order valence-electron chi connectivity index (χ3n) is 2.71. The molecule has 0 saturated carbocycles. The van der Waals surface area contributed by atoms with Crippen molar-refractivity contribution in [2.24, 2.45) is 5.73 Å². The van der Waals surface area contributed by atoms with Crippen LogP contribution in [0.3, 0.4) is 0 Å². The molecule has 1 aromatic rings. The molecule has 0 saturated heterocycles. The van der Waals surface area contributed by atoms with Gasteiger partial charge in [0.05, 0.1) is 6.61 Å². The second-order valence-corrected chi connectivity index (χ2v) is 4.01.